The Balaban J connectivity index is 1.95. The molecule has 0 radical (unpaired) electrons. The number of benzene rings is 1. The van der Waals surface area contributed by atoms with Crippen molar-refractivity contribution in [2.45, 2.75) is 13.0 Å². The summed E-state index contributed by atoms with van der Waals surface area (Å²) in [5.41, 5.74) is 0.820. The van der Waals surface area contributed by atoms with Crippen molar-refractivity contribution in [3.63, 3.8) is 0 Å². The van der Waals surface area contributed by atoms with Crippen LogP contribution in [-0.2, 0) is 0 Å². The third-order valence-electron chi connectivity index (χ3n) is 3.20. The summed E-state index contributed by atoms with van der Waals surface area (Å²) in [4.78, 5) is 11.8. The van der Waals surface area contributed by atoms with Gasteiger partial charge in [-0.1, -0.05) is 6.07 Å². The molecule has 98 valence electrons. The summed E-state index contributed by atoms with van der Waals surface area (Å²) in [6.45, 7) is 3.32. The van der Waals surface area contributed by atoms with Crippen molar-refractivity contribution in [1.82, 2.24) is 10.6 Å². The average Bonchev–Trinajstić information content (AvgIpc) is 2.72. The molecular formula is C13H17FN2O2. The molecule has 2 rings (SSSR count). The minimum absolute atomic E-state index is 0.0116. The van der Waals surface area contributed by atoms with Crippen LogP contribution in [0.1, 0.15) is 15.9 Å². The van der Waals surface area contributed by atoms with Gasteiger partial charge in [0, 0.05) is 25.6 Å². The maximum atomic E-state index is 13.6. The van der Waals surface area contributed by atoms with Crippen molar-refractivity contribution in [2.24, 2.45) is 5.92 Å². The molecule has 5 heteroatoms. The van der Waals surface area contributed by atoms with Crippen LogP contribution in [-0.4, -0.2) is 36.8 Å². The summed E-state index contributed by atoms with van der Waals surface area (Å²) in [6, 6.07) is 4.51. The van der Waals surface area contributed by atoms with Crippen LogP contribution in [0.3, 0.4) is 0 Å². The maximum absolute atomic E-state index is 13.6. The van der Waals surface area contributed by atoms with E-state index in [0.29, 0.717) is 19.6 Å². The first-order valence-corrected chi connectivity index (χ1v) is 6.01. The van der Waals surface area contributed by atoms with Crippen molar-refractivity contribution >= 4 is 5.91 Å². The van der Waals surface area contributed by atoms with Gasteiger partial charge in [0.1, 0.15) is 5.82 Å². The Morgan fingerprint density at radius 2 is 2.33 bits per heavy atom. The summed E-state index contributed by atoms with van der Waals surface area (Å²) in [5.74, 6) is -0.966. The number of hydrogen-bond acceptors (Lipinski definition) is 3. The zero-order chi connectivity index (χ0) is 13.1. The van der Waals surface area contributed by atoms with E-state index in [1.54, 1.807) is 13.0 Å². The van der Waals surface area contributed by atoms with Gasteiger partial charge in [0.05, 0.1) is 11.7 Å². The van der Waals surface area contributed by atoms with E-state index in [0.717, 1.165) is 5.56 Å². The van der Waals surface area contributed by atoms with E-state index in [9.17, 15) is 14.3 Å². The summed E-state index contributed by atoms with van der Waals surface area (Å²) in [7, 11) is 0. The van der Waals surface area contributed by atoms with Gasteiger partial charge in [-0.2, -0.15) is 0 Å². The number of nitrogens with one attached hydrogen (secondary N) is 2. The molecule has 1 aliphatic heterocycles. The van der Waals surface area contributed by atoms with E-state index in [1.807, 2.05) is 0 Å². The smallest absolute Gasteiger partial charge is 0.254 e. The minimum Gasteiger partial charge on any atom is -0.391 e. The molecule has 1 fully saturated rings. The van der Waals surface area contributed by atoms with Gasteiger partial charge in [0.2, 0.25) is 0 Å². The van der Waals surface area contributed by atoms with Crippen LogP contribution in [0.4, 0.5) is 4.39 Å². The fraction of sp³-hybridized carbons (Fsp3) is 0.462. The van der Waals surface area contributed by atoms with Crippen LogP contribution >= 0.6 is 0 Å². The Morgan fingerprint density at radius 3 is 2.94 bits per heavy atom. The zero-order valence-corrected chi connectivity index (χ0v) is 10.2. The zero-order valence-electron chi connectivity index (χ0n) is 10.2. The first kappa shape index (κ1) is 13.0. The van der Waals surface area contributed by atoms with Gasteiger partial charge in [-0.3, -0.25) is 4.79 Å². The highest BCUT2D eigenvalue weighted by Crippen LogP contribution is 2.11. The van der Waals surface area contributed by atoms with E-state index in [1.165, 1.54) is 12.1 Å². The highest BCUT2D eigenvalue weighted by atomic mass is 19.1. The molecule has 18 heavy (non-hydrogen) atoms. The summed E-state index contributed by atoms with van der Waals surface area (Å²) < 4.78 is 13.6. The third-order valence-corrected chi connectivity index (χ3v) is 3.20. The molecule has 0 aromatic heterocycles. The highest BCUT2D eigenvalue weighted by molar-refractivity contribution is 5.94. The Bertz CT molecular complexity index is 451. The van der Waals surface area contributed by atoms with Crippen LogP contribution in [0.15, 0.2) is 18.2 Å². The molecule has 0 aliphatic carbocycles. The second-order valence-electron chi connectivity index (χ2n) is 4.68. The number of carbonyl (C=O) groups is 1. The van der Waals surface area contributed by atoms with Gasteiger partial charge in [-0.05, 0) is 24.6 Å². The van der Waals surface area contributed by atoms with Crippen molar-refractivity contribution in [3.05, 3.63) is 35.1 Å². The number of aryl methyl sites for hydroxylation is 1. The quantitative estimate of drug-likeness (QED) is 0.731. The largest absolute Gasteiger partial charge is 0.391 e. The molecule has 0 saturated carbocycles. The number of β-amino-alcohol motifs (C(OH)–C–C–N with tert-alkyl or cyclic N) is 1. The molecule has 4 nitrogen and oxygen atoms in total. The number of halogens is 1. The van der Waals surface area contributed by atoms with Crippen molar-refractivity contribution < 1.29 is 14.3 Å². The molecule has 1 aromatic rings. The lowest BCUT2D eigenvalue weighted by molar-refractivity contribution is 0.0923. The van der Waals surface area contributed by atoms with Crippen molar-refractivity contribution in [2.75, 3.05) is 19.6 Å². The van der Waals surface area contributed by atoms with E-state index in [2.05, 4.69) is 10.6 Å². The Hall–Kier alpha value is -1.46. The van der Waals surface area contributed by atoms with Crippen LogP contribution < -0.4 is 10.6 Å². The Labute approximate surface area is 105 Å². The fourth-order valence-electron chi connectivity index (χ4n) is 2.05. The SMILES string of the molecule is Cc1ccc(C(=O)NCC2CNCC2O)c(F)c1. The molecule has 0 bridgehead atoms. The molecule has 1 heterocycles. The van der Waals surface area contributed by atoms with Crippen LogP contribution in [0.5, 0.6) is 0 Å². The van der Waals surface area contributed by atoms with E-state index < -0.39 is 17.8 Å². The lowest BCUT2D eigenvalue weighted by Crippen LogP contribution is -2.34. The third kappa shape index (κ3) is 2.86. The lowest BCUT2D eigenvalue weighted by atomic mass is 10.1. The second kappa shape index (κ2) is 5.46. The molecule has 1 aliphatic rings. The highest BCUT2D eigenvalue weighted by Gasteiger charge is 2.25. The molecule has 2 unspecified atom stereocenters. The van der Waals surface area contributed by atoms with Crippen molar-refractivity contribution in [3.8, 4) is 0 Å². The molecule has 3 N–H and O–H groups in total. The number of hydrogen-bond donors (Lipinski definition) is 3. The Morgan fingerprint density at radius 1 is 1.56 bits per heavy atom. The standard InChI is InChI=1S/C13H17FN2O2/c1-8-2-3-10(11(14)4-8)13(18)16-6-9-5-15-7-12(9)17/h2-4,9,12,15,17H,5-7H2,1H3,(H,16,18). The number of carbonyl (C=O) groups excluding carboxylic acids is 1. The van der Waals surface area contributed by atoms with Gasteiger partial charge in [0.25, 0.3) is 5.91 Å². The summed E-state index contributed by atoms with van der Waals surface area (Å²) in [5, 5.41) is 15.3. The molecule has 1 amide bonds. The molecule has 2 atom stereocenters. The van der Waals surface area contributed by atoms with Crippen LogP contribution in [0, 0.1) is 18.7 Å². The van der Waals surface area contributed by atoms with E-state index in [4.69, 9.17) is 0 Å². The predicted molar refractivity (Wildman–Crippen MR) is 65.8 cm³/mol. The van der Waals surface area contributed by atoms with Gasteiger partial charge in [-0.25, -0.2) is 4.39 Å². The molecular weight excluding hydrogens is 235 g/mol. The van der Waals surface area contributed by atoms with Gasteiger partial charge >= 0.3 is 0 Å². The normalized spacial score (nSPS) is 23.1. The minimum atomic E-state index is -0.516. The summed E-state index contributed by atoms with van der Waals surface area (Å²) in [6.07, 6.45) is -0.451. The number of aliphatic hydroxyl groups excluding tert-OH is 1. The monoisotopic (exact) mass is 252 g/mol. The van der Waals surface area contributed by atoms with E-state index >= 15 is 0 Å². The van der Waals surface area contributed by atoms with Gasteiger partial charge in [0.15, 0.2) is 0 Å². The molecule has 1 saturated heterocycles. The Kier molecular flexibility index (Phi) is 3.93. The topological polar surface area (TPSA) is 61.4 Å². The van der Waals surface area contributed by atoms with Crippen molar-refractivity contribution in [1.29, 1.82) is 0 Å². The van der Waals surface area contributed by atoms with E-state index in [-0.39, 0.29) is 11.5 Å². The maximum Gasteiger partial charge on any atom is 0.254 e. The number of amides is 1. The predicted octanol–water partition coefficient (Wildman–Crippen LogP) is 0.444. The van der Waals surface area contributed by atoms with Gasteiger partial charge < -0.3 is 15.7 Å². The fourth-order valence-corrected chi connectivity index (χ4v) is 2.05. The van der Waals surface area contributed by atoms with Crippen LogP contribution in [0.25, 0.3) is 0 Å². The van der Waals surface area contributed by atoms with Gasteiger partial charge in [-0.15, -0.1) is 0 Å². The molecule has 1 aromatic carbocycles. The second-order valence-corrected chi connectivity index (χ2v) is 4.68. The summed E-state index contributed by atoms with van der Waals surface area (Å²) >= 11 is 0. The number of rotatable bonds is 3. The number of aliphatic hydroxyl groups is 1. The van der Waals surface area contributed by atoms with Crippen LogP contribution in [0.2, 0.25) is 0 Å². The average molecular weight is 252 g/mol. The lowest BCUT2D eigenvalue weighted by Gasteiger charge is -2.14. The molecule has 0 spiro atoms. The first-order valence-electron chi connectivity index (χ1n) is 6.01. The first-order chi connectivity index (χ1) is 8.58.